The largest absolute Gasteiger partial charge is 0.338 e. The van der Waals surface area contributed by atoms with E-state index in [1.807, 2.05) is 48.2 Å². The van der Waals surface area contributed by atoms with E-state index >= 15 is 0 Å². The standard InChI is InChI=1S/C23H28ClN3O2/c1-3-18-10-11-20(24)19(4-2)22(18)26-23(29)25-14-16-7-5-8-17(13-16)15-27-12-6-9-21(27)28/h5,7-8,10-11,13H,3-4,6,9,12,14-15H2,1-2H3,(H2,25,26,29). The molecule has 1 fully saturated rings. The summed E-state index contributed by atoms with van der Waals surface area (Å²) < 4.78 is 0. The van der Waals surface area contributed by atoms with Gasteiger partial charge in [-0.1, -0.05) is 55.8 Å². The van der Waals surface area contributed by atoms with E-state index in [2.05, 4.69) is 17.6 Å². The molecule has 2 aromatic rings. The predicted molar refractivity (Wildman–Crippen MR) is 117 cm³/mol. The van der Waals surface area contributed by atoms with E-state index in [9.17, 15) is 9.59 Å². The molecule has 0 spiro atoms. The number of carbonyl (C=O) groups excluding carboxylic acids is 2. The van der Waals surface area contributed by atoms with E-state index in [0.717, 1.165) is 53.7 Å². The lowest BCUT2D eigenvalue weighted by molar-refractivity contribution is -0.128. The molecule has 0 aromatic heterocycles. The van der Waals surface area contributed by atoms with Gasteiger partial charge >= 0.3 is 6.03 Å². The molecule has 6 heteroatoms. The molecule has 0 atom stereocenters. The lowest BCUT2D eigenvalue weighted by Gasteiger charge is -2.17. The Morgan fingerprint density at radius 1 is 1.14 bits per heavy atom. The Kier molecular flexibility index (Phi) is 7.15. The highest BCUT2D eigenvalue weighted by molar-refractivity contribution is 6.32. The van der Waals surface area contributed by atoms with Crippen LogP contribution in [0.25, 0.3) is 0 Å². The number of likely N-dealkylation sites (tertiary alicyclic amines) is 1. The molecule has 2 N–H and O–H groups in total. The van der Waals surface area contributed by atoms with Crippen LogP contribution in [0.3, 0.4) is 0 Å². The molecule has 0 bridgehead atoms. The van der Waals surface area contributed by atoms with Crippen LogP contribution in [-0.2, 0) is 30.7 Å². The summed E-state index contributed by atoms with van der Waals surface area (Å²) in [6.07, 6.45) is 3.14. The Balaban J connectivity index is 1.62. The number of nitrogens with zero attached hydrogens (tertiary/aromatic N) is 1. The Morgan fingerprint density at radius 3 is 2.62 bits per heavy atom. The molecule has 1 heterocycles. The number of amides is 3. The van der Waals surface area contributed by atoms with Crippen LogP contribution in [0.15, 0.2) is 36.4 Å². The SMILES string of the molecule is CCc1ccc(Cl)c(CC)c1NC(=O)NCc1cccc(CN2CCCC2=O)c1. The van der Waals surface area contributed by atoms with Gasteiger partial charge < -0.3 is 15.5 Å². The summed E-state index contributed by atoms with van der Waals surface area (Å²) in [5.41, 5.74) is 4.91. The average molecular weight is 414 g/mol. The second kappa shape index (κ2) is 9.79. The number of carbonyl (C=O) groups is 2. The first kappa shape index (κ1) is 21.2. The van der Waals surface area contributed by atoms with Crippen molar-refractivity contribution in [1.82, 2.24) is 10.2 Å². The van der Waals surface area contributed by atoms with Crippen molar-refractivity contribution in [3.05, 3.63) is 63.7 Å². The predicted octanol–water partition coefficient (Wildman–Crippen LogP) is 4.91. The van der Waals surface area contributed by atoms with Gasteiger partial charge in [-0.3, -0.25) is 4.79 Å². The number of anilines is 1. The summed E-state index contributed by atoms with van der Waals surface area (Å²) in [5, 5.41) is 6.58. The van der Waals surface area contributed by atoms with Crippen LogP contribution < -0.4 is 10.6 Å². The van der Waals surface area contributed by atoms with Crippen LogP contribution in [0.4, 0.5) is 10.5 Å². The maximum absolute atomic E-state index is 12.5. The molecule has 0 radical (unpaired) electrons. The average Bonchev–Trinajstić information content (AvgIpc) is 3.11. The number of rotatable bonds is 7. The second-order valence-corrected chi connectivity index (χ2v) is 7.72. The van der Waals surface area contributed by atoms with Crippen molar-refractivity contribution in [3.63, 3.8) is 0 Å². The monoisotopic (exact) mass is 413 g/mol. The first-order chi connectivity index (χ1) is 14.0. The first-order valence-corrected chi connectivity index (χ1v) is 10.6. The molecule has 1 aliphatic rings. The first-order valence-electron chi connectivity index (χ1n) is 10.2. The Labute approximate surface area is 177 Å². The third-order valence-electron chi connectivity index (χ3n) is 5.30. The van der Waals surface area contributed by atoms with E-state index in [4.69, 9.17) is 11.6 Å². The van der Waals surface area contributed by atoms with Crippen molar-refractivity contribution in [1.29, 1.82) is 0 Å². The van der Waals surface area contributed by atoms with Crippen molar-refractivity contribution in [3.8, 4) is 0 Å². The summed E-state index contributed by atoms with van der Waals surface area (Å²) >= 11 is 6.31. The van der Waals surface area contributed by atoms with Crippen molar-refractivity contribution >= 4 is 29.2 Å². The molecule has 2 aromatic carbocycles. The number of aryl methyl sites for hydroxylation is 1. The number of halogens is 1. The summed E-state index contributed by atoms with van der Waals surface area (Å²) in [4.78, 5) is 26.2. The van der Waals surface area contributed by atoms with Crippen LogP contribution in [0.5, 0.6) is 0 Å². The van der Waals surface area contributed by atoms with Gasteiger partial charge in [0.05, 0.1) is 5.69 Å². The van der Waals surface area contributed by atoms with Gasteiger partial charge in [-0.25, -0.2) is 4.79 Å². The molecule has 5 nitrogen and oxygen atoms in total. The fourth-order valence-electron chi connectivity index (χ4n) is 3.74. The highest BCUT2D eigenvalue weighted by Crippen LogP contribution is 2.29. The van der Waals surface area contributed by atoms with Gasteiger partial charge in [0.2, 0.25) is 5.91 Å². The zero-order valence-corrected chi connectivity index (χ0v) is 17.8. The molecule has 3 rings (SSSR count). The summed E-state index contributed by atoms with van der Waals surface area (Å²) in [5.74, 6) is 0.216. The number of urea groups is 1. The van der Waals surface area contributed by atoms with Gasteiger partial charge in [0, 0.05) is 31.1 Å². The molecule has 1 aliphatic heterocycles. The van der Waals surface area contributed by atoms with Crippen LogP contribution in [-0.4, -0.2) is 23.4 Å². The molecule has 0 aliphatic carbocycles. The minimum Gasteiger partial charge on any atom is -0.338 e. The van der Waals surface area contributed by atoms with E-state index in [-0.39, 0.29) is 11.9 Å². The summed E-state index contributed by atoms with van der Waals surface area (Å²) in [6.45, 7) is 5.95. The molecular formula is C23H28ClN3O2. The van der Waals surface area contributed by atoms with Crippen LogP contribution >= 0.6 is 11.6 Å². The number of nitrogens with one attached hydrogen (secondary N) is 2. The van der Waals surface area contributed by atoms with Gasteiger partial charge in [-0.2, -0.15) is 0 Å². The van der Waals surface area contributed by atoms with Crippen molar-refractivity contribution in [2.24, 2.45) is 0 Å². The molecule has 3 amide bonds. The fraction of sp³-hybridized carbons (Fsp3) is 0.391. The van der Waals surface area contributed by atoms with Gasteiger partial charge in [0.1, 0.15) is 0 Å². The van der Waals surface area contributed by atoms with Crippen LogP contribution in [0.1, 0.15) is 48.9 Å². The van der Waals surface area contributed by atoms with Crippen molar-refractivity contribution in [2.75, 3.05) is 11.9 Å². The number of hydrogen-bond acceptors (Lipinski definition) is 2. The minimum absolute atomic E-state index is 0.216. The quantitative estimate of drug-likeness (QED) is 0.677. The zero-order chi connectivity index (χ0) is 20.8. The molecule has 0 saturated carbocycles. The maximum Gasteiger partial charge on any atom is 0.319 e. The van der Waals surface area contributed by atoms with Gasteiger partial charge in [-0.05, 0) is 47.6 Å². The number of hydrogen-bond donors (Lipinski definition) is 2. The topological polar surface area (TPSA) is 61.4 Å². The summed E-state index contributed by atoms with van der Waals surface area (Å²) in [7, 11) is 0. The lowest BCUT2D eigenvalue weighted by Crippen LogP contribution is -2.29. The van der Waals surface area contributed by atoms with Crippen LogP contribution in [0, 0.1) is 0 Å². The van der Waals surface area contributed by atoms with Crippen molar-refractivity contribution < 1.29 is 9.59 Å². The van der Waals surface area contributed by atoms with E-state index < -0.39 is 0 Å². The highest BCUT2D eigenvalue weighted by atomic mass is 35.5. The Morgan fingerprint density at radius 2 is 1.93 bits per heavy atom. The fourth-order valence-corrected chi connectivity index (χ4v) is 4.03. The van der Waals surface area contributed by atoms with E-state index in [1.165, 1.54) is 0 Å². The third-order valence-corrected chi connectivity index (χ3v) is 5.66. The minimum atomic E-state index is -0.253. The Bertz CT molecular complexity index is 898. The zero-order valence-electron chi connectivity index (χ0n) is 17.1. The maximum atomic E-state index is 12.5. The molecule has 154 valence electrons. The smallest absolute Gasteiger partial charge is 0.319 e. The van der Waals surface area contributed by atoms with Crippen molar-refractivity contribution in [2.45, 2.75) is 52.6 Å². The molecule has 0 unspecified atom stereocenters. The second-order valence-electron chi connectivity index (χ2n) is 7.31. The van der Waals surface area contributed by atoms with Gasteiger partial charge in [0.25, 0.3) is 0 Å². The molecule has 1 saturated heterocycles. The molecular weight excluding hydrogens is 386 g/mol. The normalized spacial score (nSPS) is 13.6. The summed E-state index contributed by atoms with van der Waals surface area (Å²) in [6, 6.07) is 11.6. The third kappa shape index (κ3) is 5.30. The van der Waals surface area contributed by atoms with E-state index in [0.29, 0.717) is 24.5 Å². The highest BCUT2D eigenvalue weighted by Gasteiger charge is 2.20. The number of benzene rings is 2. The van der Waals surface area contributed by atoms with Crippen LogP contribution in [0.2, 0.25) is 5.02 Å². The van der Waals surface area contributed by atoms with E-state index in [1.54, 1.807) is 0 Å². The van der Waals surface area contributed by atoms with Gasteiger partial charge in [0.15, 0.2) is 0 Å². The Hall–Kier alpha value is -2.53. The molecule has 29 heavy (non-hydrogen) atoms. The van der Waals surface area contributed by atoms with Gasteiger partial charge in [-0.15, -0.1) is 0 Å². The lowest BCUT2D eigenvalue weighted by atomic mass is 10.0.